The van der Waals surface area contributed by atoms with Crippen LogP contribution < -0.4 is 0 Å². The molecule has 0 aliphatic heterocycles. The smallest absolute Gasteiger partial charge is 0.164 e. The Hall–Kier alpha value is -0.830. The van der Waals surface area contributed by atoms with Crippen LogP contribution in [0.15, 0.2) is 0 Å². The molecule has 0 unspecified atom stereocenters. The third-order valence-corrected chi connectivity index (χ3v) is 2.36. The number of Topliss-reactive ketones (excluding diaryl/α,β-unsaturated/α-hetero) is 1. The van der Waals surface area contributed by atoms with E-state index in [1.807, 2.05) is 0 Å². The van der Waals surface area contributed by atoms with Gasteiger partial charge in [0.2, 0.25) is 0 Å². The van der Waals surface area contributed by atoms with Gasteiger partial charge in [-0.3, -0.25) is 9.89 Å². The summed E-state index contributed by atoms with van der Waals surface area (Å²) in [7, 11) is 0. The van der Waals surface area contributed by atoms with Gasteiger partial charge in [-0.25, -0.2) is 0 Å². The molecule has 0 bridgehead atoms. The predicted octanol–water partition coefficient (Wildman–Crippen LogP) is 2.14. The van der Waals surface area contributed by atoms with Crippen LogP contribution in [0.2, 0.25) is 5.15 Å². The van der Waals surface area contributed by atoms with Gasteiger partial charge in [0.25, 0.3) is 0 Å². The first-order valence-corrected chi connectivity index (χ1v) is 4.32. The van der Waals surface area contributed by atoms with Crippen molar-refractivity contribution in [2.24, 2.45) is 0 Å². The highest BCUT2D eigenvalue weighted by molar-refractivity contribution is 6.32. The summed E-state index contributed by atoms with van der Waals surface area (Å²) in [5.74, 6) is 0.486. The standard InChI is InChI=1S/C8H9ClN2O/c1-4(12)6-7(5-2-3-5)10-11-8(6)9/h5H,2-3H2,1H3,(H,10,11). The average Bonchev–Trinajstić information content (AvgIpc) is 2.75. The average molecular weight is 185 g/mol. The second-order valence-electron chi connectivity index (χ2n) is 3.13. The van der Waals surface area contributed by atoms with Gasteiger partial charge in [-0.1, -0.05) is 11.6 Å². The molecule has 0 saturated heterocycles. The van der Waals surface area contributed by atoms with Crippen LogP contribution in [0.5, 0.6) is 0 Å². The first-order valence-electron chi connectivity index (χ1n) is 3.95. The Kier molecular flexibility index (Phi) is 1.68. The molecule has 1 aromatic rings. The molecule has 64 valence electrons. The largest absolute Gasteiger partial charge is 0.294 e. The van der Waals surface area contributed by atoms with Crippen LogP contribution in [0.1, 0.15) is 41.7 Å². The van der Waals surface area contributed by atoms with Crippen LogP contribution in [0.4, 0.5) is 0 Å². The number of rotatable bonds is 2. The van der Waals surface area contributed by atoms with Crippen LogP contribution in [0, 0.1) is 0 Å². The van der Waals surface area contributed by atoms with Crippen LogP contribution in [-0.4, -0.2) is 16.0 Å². The monoisotopic (exact) mass is 184 g/mol. The molecule has 1 saturated carbocycles. The van der Waals surface area contributed by atoms with Crippen molar-refractivity contribution in [3.05, 3.63) is 16.4 Å². The number of aromatic nitrogens is 2. The zero-order valence-electron chi connectivity index (χ0n) is 6.72. The van der Waals surface area contributed by atoms with Gasteiger partial charge in [-0.05, 0) is 19.8 Å². The highest BCUT2D eigenvalue weighted by Crippen LogP contribution is 2.41. The summed E-state index contributed by atoms with van der Waals surface area (Å²) in [5, 5.41) is 6.94. The number of carbonyl (C=O) groups excluding carboxylic acids is 1. The zero-order chi connectivity index (χ0) is 8.72. The van der Waals surface area contributed by atoms with Gasteiger partial charge in [-0.2, -0.15) is 5.10 Å². The van der Waals surface area contributed by atoms with Crippen LogP contribution >= 0.6 is 11.6 Å². The van der Waals surface area contributed by atoms with Gasteiger partial charge in [-0.15, -0.1) is 0 Å². The predicted molar refractivity (Wildman–Crippen MR) is 45.6 cm³/mol. The molecule has 1 heterocycles. The Morgan fingerprint density at radius 2 is 2.33 bits per heavy atom. The molecule has 1 aliphatic rings. The normalized spacial score (nSPS) is 16.5. The lowest BCUT2D eigenvalue weighted by Gasteiger charge is -1.95. The van der Waals surface area contributed by atoms with Crippen molar-refractivity contribution in [3.8, 4) is 0 Å². The number of halogens is 1. The molecule has 0 aromatic carbocycles. The molecule has 12 heavy (non-hydrogen) atoms. The number of nitrogens with one attached hydrogen (secondary N) is 1. The molecule has 0 atom stereocenters. The maximum absolute atomic E-state index is 11.1. The molecule has 0 amide bonds. The molecule has 1 aromatic heterocycles. The molecule has 0 radical (unpaired) electrons. The van der Waals surface area contributed by atoms with E-state index in [-0.39, 0.29) is 5.78 Å². The number of hydrogen-bond donors (Lipinski definition) is 1. The Bertz CT molecular complexity index is 328. The second kappa shape index (κ2) is 2.59. The minimum atomic E-state index is -0.00403. The van der Waals surface area contributed by atoms with Crippen molar-refractivity contribution in [1.29, 1.82) is 0 Å². The number of aromatic amines is 1. The summed E-state index contributed by atoms with van der Waals surface area (Å²) in [4.78, 5) is 11.1. The fourth-order valence-electron chi connectivity index (χ4n) is 1.33. The minimum Gasteiger partial charge on any atom is -0.294 e. The molecule has 2 rings (SSSR count). The lowest BCUT2D eigenvalue weighted by atomic mass is 10.1. The van der Waals surface area contributed by atoms with Crippen LogP contribution in [0.25, 0.3) is 0 Å². The van der Waals surface area contributed by atoms with Crippen molar-refractivity contribution < 1.29 is 4.79 Å². The Morgan fingerprint density at radius 1 is 1.67 bits per heavy atom. The number of H-pyrrole nitrogens is 1. The molecule has 0 spiro atoms. The van der Waals surface area contributed by atoms with E-state index in [1.54, 1.807) is 0 Å². The molecule has 1 aliphatic carbocycles. The third-order valence-electron chi connectivity index (χ3n) is 2.09. The maximum atomic E-state index is 11.1. The first-order chi connectivity index (χ1) is 5.70. The van der Waals surface area contributed by atoms with E-state index in [1.165, 1.54) is 6.92 Å². The second-order valence-corrected chi connectivity index (χ2v) is 3.49. The van der Waals surface area contributed by atoms with Gasteiger partial charge in [0.05, 0.1) is 11.3 Å². The summed E-state index contributed by atoms with van der Waals surface area (Å²) < 4.78 is 0. The van der Waals surface area contributed by atoms with E-state index in [4.69, 9.17) is 11.6 Å². The van der Waals surface area contributed by atoms with Crippen LogP contribution in [0.3, 0.4) is 0 Å². The fraction of sp³-hybridized carbons (Fsp3) is 0.500. The summed E-state index contributed by atoms with van der Waals surface area (Å²) in [5.41, 5.74) is 1.51. The molecule has 4 heteroatoms. The minimum absolute atomic E-state index is 0.00403. The quantitative estimate of drug-likeness (QED) is 0.716. The van der Waals surface area contributed by atoms with Crippen molar-refractivity contribution >= 4 is 17.4 Å². The maximum Gasteiger partial charge on any atom is 0.164 e. The van der Waals surface area contributed by atoms with E-state index in [9.17, 15) is 4.79 Å². The van der Waals surface area contributed by atoms with Crippen molar-refractivity contribution in [2.75, 3.05) is 0 Å². The van der Waals surface area contributed by atoms with Crippen molar-refractivity contribution in [2.45, 2.75) is 25.7 Å². The topological polar surface area (TPSA) is 45.8 Å². The van der Waals surface area contributed by atoms with Crippen molar-refractivity contribution in [3.63, 3.8) is 0 Å². The number of hydrogen-bond acceptors (Lipinski definition) is 2. The van der Waals surface area contributed by atoms with Gasteiger partial charge >= 0.3 is 0 Å². The van der Waals surface area contributed by atoms with E-state index in [2.05, 4.69) is 10.2 Å². The Labute approximate surface area is 75.1 Å². The highest BCUT2D eigenvalue weighted by Gasteiger charge is 2.30. The summed E-state index contributed by atoms with van der Waals surface area (Å²) in [6.07, 6.45) is 2.28. The van der Waals surface area contributed by atoms with E-state index in [0.29, 0.717) is 16.6 Å². The van der Waals surface area contributed by atoms with Gasteiger partial charge in [0, 0.05) is 5.92 Å². The van der Waals surface area contributed by atoms with Crippen molar-refractivity contribution in [1.82, 2.24) is 10.2 Å². The molecule has 3 nitrogen and oxygen atoms in total. The third kappa shape index (κ3) is 1.14. The lowest BCUT2D eigenvalue weighted by molar-refractivity contribution is 0.101. The van der Waals surface area contributed by atoms with E-state index < -0.39 is 0 Å². The fourth-order valence-corrected chi connectivity index (χ4v) is 1.61. The van der Waals surface area contributed by atoms with Crippen LogP contribution in [-0.2, 0) is 0 Å². The SMILES string of the molecule is CC(=O)c1c(Cl)n[nH]c1C1CC1. The highest BCUT2D eigenvalue weighted by atomic mass is 35.5. The molecule has 1 N–H and O–H groups in total. The van der Waals surface area contributed by atoms with E-state index >= 15 is 0 Å². The molecular formula is C8H9ClN2O. The number of nitrogens with zero attached hydrogens (tertiary/aromatic N) is 1. The van der Waals surface area contributed by atoms with Gasteiger partial charge in [0.1, 0.15) is 0 Å². The summed E-state index contributed by atoms with van der Waals surface area (Å²) >= 11 is 5.75. The van der Waals surface area contributed by atoms with Gasteiger partial charge < -0.3 is 0 Å². The first kappa shape index (κ1) is 7.80. The van der Waals surface area contributed by atoms with E-state index in [0.717, 1.165) is 18.5 Å². The number of carbonyl (C=O) groups is 1. The lowest BCUT2D eigenvalue weighted by Crippen LogP contribution is -1.95. The molecule has 1 fully saturated rings. The Morgan fingerprint density at radius 3 is 2.83 bits per heavy atom. The zero-order valence-corrected chi connectivity index (χ0v) is 7.48. The number of ketones is 1. The van der Waals surface area contributed by atoms with Gasteiger partial charge in [0.15, 0.2) is 10.9 Å². The molecular weight excluding hydrogens is 176 g/mol. The Balaban J connectivity index is 2.46. The summed E-state index contributed by atoms with van der Waals surface area (Å²) in [6, 6.07) is 0. The summed E-state index contributed by atoms with van der Waals surface area (Å²) in [6.45, 7) is 1.52.